The number of rotatable bonds is 3. The fourth-order valence-electron chi connectivity index (χ4n) is 4.98. The van der Waals surface area contributed by atoms with Gasteiger partial charge in [0.2, 0.25) is 11.8 Å². The maximum atomic E-state index is 13.5. The van der Waals surface area contributed by atoms with Crippen LogP contribution in [-0.2, 0) is 9.59 Å². The molecule has 0 unspecified atom stereocenters. The van der Waals surface area contributed by atoms with Gasteiger partial charge in [-0.25, -0.2) is 4.39 Å². The number of carbonyl (C=O) groups excluding carboxylic acids is 2. The van der Waals surface area contributed by atoms with Crippen molar-refractivity contribution in [1.29, 1.82) is 0 Å². The number of piperidine rings is 1. The highest BCUT2D eigenvalue weighted by Crippen LogP contribution is 2.36. The number of aryl methyl sites for hydroxylation is 1. The van der Waals surface area contributed by atoms with E-state index in [1.54, 1.807) is 12.1 Å². The number of nitrogens with zero attached hydrogens (tertiary/aromatic N) is 2. The first-order chi connectivity index (χ1) is 16.0. The van der Waals surface area contributed by atoms with E-state index in [1.807, 2.05) is 42.2 Å². The summed E-state index contributed by atoms with van der Waals surface area (Å²) in [6.07, 6.45) is 2.01. The van der Waals surface area contributed by atoms with Crippen LogP contribution in [0.3, 0.4) is 0 Å². The van der Waals surface area contributed by atoms with Gasteiger partial charge < -0.3 is 10.2 Å². The summed E-state index contributed by atoms with van der Waals surface area (Å²) in [6, 6.07) is 18.1. The second-order valence-electron chi connectivity index (χ2n) is 8.94. The molecule has 0 radical (unpaired) electrons. The van der Waals surface area contributed by atoms with Gasteiger partial charge in [-0.05, 0) is 66.8 Å². The van der Waals surface area contributed by atoms with Crippen molar-refractivity contribution in [2.45, 2.75) is 38.0 Å². The van der Waals surface area contributed by atoms with Crippen LogP contribution in [-0.4, -0.2) is 34.8 Å². The molecule has 3 heterocycles. The molecule has 2 amide bonds. The SMILES string of the molecule is Cc1cc(-c2ccc(F)cc2)cc([C@@H]2CCCN(C(=O)[C@H]3CC(=O)Nc4ccccc43)C2)n1. The number of fused-ring (bicyclic) bond motifs is 1. The molecule has 168 valence electrons. The van der Waals surface area contributed by atoms with Crippen LogP contribution in [0.15, 0.2) is 60.7 Å². The largest absolute Gasteiger partial charge is 0.341 e. The van der Waals surface area contributed by atoms with Crippen LogP contribution in [0, 0.1) is 12.7 Å². The van der Waals surface area contributed by atoms with Crippen LogP contribution in [0.4, 0.5) is 10.1 Å². The number of hydrogen-bond donors (Lipinski definition) is 1. The monoisotopic (exact) mass is 443 g/mol. The zero-order valence-corrected chi connectivity index (χ0v) is 18.6. The molecule has 1 aromatic heterocycles. The van der Waals surface area contributed by atoms with Crippen LogP contribution in [0.5, 0.6) is 0 Å². The molecule has 3 aromatic rings. The molecule has 1 saturated heterocycles. The molecule has 0 spiro atoms. The van der Waals surface area contributed by atoms with Crippen molar-refractivity contribution in [3.8, 4) is 11.1 Å². The number of likely N-dealkylation sites (tertiary alicyclic amines) is 1. The smallest absolute Gasteiger partial charge is 0.230 e. The first kappa shape index (κ1) is 21.3. The Labute approximate surface area is 192 Å². The third-order valence-electron chi connectivity index (χ3n) is 6.60. The number of aromatic nitrogens is 1. The fraction of sp³-hybridized carbons (Fsp3) is 0.296. The molecule has 0 saturated carbocycles. The third kappa shape index (κ3) is 4.38. The average molecular weight is 444 g/mol. The third-order valence-corrected chi connectivity index (χ3v) is 6.60. The highest BCUT2D eigenvalue weighted by atomic mass is 19.1. The Morgan fingerprint density at radius 1 is 1.09 bits per heavy atom. The Morgan fingerprint density at radius 2 is 1.88 bits per heavy atom. The second-order valence-corrected chi connectivity index (χ2v) is 8.94. The molecule has 5 nitrogen and oxygen atoms in total. The Kier molecular flexibility index (Phi) is 5.67. The van der Waals surface area contributed by atoms with Gasteiger partial charge in [-0.1, -0.05) is 30.3 Å². The summed E-state index contributed by atoms with van der Waals surface area (Å²) in [7, 11) is 0. The van der Waals surface area contributed by atoms with E-state index in [2.05, 4.69) is 11.4 Å². The quantitative estimate of drug-likeness (QED) is 0.618. The average Bonchev–Trinajstić information content (AvgIpc) is 2.83. The number of benzene rings is 2. The maximum absolute atomic E-state index is 13.5. The van der Waals surface area contributed by atoms with Gasteiger partial charge >= 0.3 is 0 Å². The van der Waals surface area contributed by atoms with Crippen molar-refractivity contribution >= 4 is 17.5 Å². The van der Waals surface area contributed by atoms with E-state index >= 15 is 0 Å². The number of para-hydroxylation sites is 1. The highest BCUT2D eigenvalue weighted by Gasteiger charge is 2.35. The second kappa shape index (κ2) is 8.77. The van der Waals surface area contributed by atoms with Crippen molar-refractivity contribution in [1.82, 2.24) is 9.88 Å². The summed E-state index contributed by atoms with van der Waals surface area (Å²) in [6.45, 7) is 3.23. The predicted octanol–water partition coefficient (Wildman–Crippen LogP) is 5.03. The Balaban J connectivity index is 1.39. The summed E-state index contributed by atoms with van der Waals surface area (Å²) < 4.78 is 13.4. The molecular formula is C27H26FN3O2. The molecule has 1 N–H and O–H groups in total. The minimum absolute atomic E-state index is 0.00779. The lowest BCUT2D eigenvalue weighted by molar-refractivity contribution is -0.136. The zero-order valence-electron chi connectivity index (χ0n) is 18.6. The zero-order chi connectivity index (χ0) is 22.9. The van der Waals surface area contributed by atoms with E-state index in [9.17, 15) is 14.0 Å². The van der Waals surface area contributed by atoms with Crippen molar-refractivity contribution < 1.29 is 14.0 Å². The Hall–Kier alpha value is -3.54. The van der Waals surface area contributed by atoms with Crippen LogP contribution in [0.1, 0.15) is 48.0 Å². The Bertz CT molecular complexity index is 1210. The van der Waals surface area contributed by atoms with Crippen molar-refractivity contribution in [3.05, 3.63) is 83.4 Å². The van der Waals surface area contributed by atoms with Gasteiger partial charge in [0.15, 0.2) is 0 Å². The van der Waals surface area contributed by atoms with Crippen LogP contribution < -0.4 is 5.32 Å². The Morgan fingerprint density at radius 3 is 2.70 bits per heavy atom. The number of hydrogen-bond acceptors (Lipinski definition) is 3. The molecule has 1 fully saturated rings. The summed E-state index contributed by atoms with van der Waals surface area (Å²) in [5.41, 5.74) is 5.40. The van der Waals surface area contributed by atoms with Gasteiger partial charge in [0.25, 0.3) is 0 Å². The molecular weight excluding hydrogens is 417 g/mol. The van der Waals surface area contributed by atoms with E-state index in [1.165, 1.54) is 12.1 Å². The van der Waals surface area contributed by atoms with Gasteiger partial charge in [0.05, 0.1) is 5.92 Å². The molecule has 2 aromatic carbocycles. The number of amides is 2. The molecule has 2 aliphatic heterocycles. The first-order valence-corrected chi connectivity index (χ1v) is 11.4. The number of anilines is 1. The van der Waals surface area contributed by atoms with Gasteiger partial charge in [-0.2, -0.15) is 0 Å². The normalized spacial score (nSPS) is 20.2. The summed E-state index contributed by atoms with van der Waals surface area (Å²) in [4.78, 5) is 32.4. The molecule has 0 aliphatic carbocycles. The van der Waals surface area contributed by atoms with Crippen molar-refractivity contribution in [2.75, 3.05) is 18.4 Å². The van der Waals surface area contributed by atoms with E-state index in [0.29, 0.717) is 13.1 Å². The van der Waals surface area contributed by atoms with E-state index in [-0.39, 0.29) is 30.0 Å². The first-order valence-electron chi connectivity index (χ1n) is 11.4. The molecule has 0 bridgehead atoms. The predicted molar refractivity (Wildman–Crippen MR) is 125 cm³/mol. The minimum atomic E-state index is -0.450. The minimum Gasteiger partial charge on any atom is -0.341 e. The van der Waals surface area contributed by atoms with Crippen LogP contribution >= 0.6 is 0 Å². The van der Waals surface area contributed by atoms with Crippen molar-refractivity contribution in [3.63, 3.8) is 0 Å². The van der Waals surface area contributed by atoms with Crippen LogP contribution in [0.25, 0.3) is 11.1 Å². The maximum Gasteiger partial charge on any atom is 0.230 e. The lowest BCUT2D eigenvalue weighted by Crippen LogP contribution is -2.43. The van der Waals surface area contributed by atoms with Gasteiger partial charge in [-0.3, -0.25) is 14.6 Å². The lowest BCUT2D eigenvalue weighted by Gasteiger charge is -2.36. The molecule has 6 heteroatoms. The number of halogens is 1. The number of nitrogens with one attached hydrogen (secondary N) is 1. The lowest BCUT2D eigenvalue weighted by atomic mass is 9.87. The summed E-state index contributed by atoms with van der Waals surface area (Å²) in [5, 5.41) is 2.87. The summed E-state index contributed by atoms with van der Waals surface area (Å²) in [5.74, 6) is -0.703. The van der Waals surface area contributed by atoms with E-state index in [4.69, 9.17) is 4.98 Å². The van der Waals surface area contributed by atoms with E-state index < -0.39 is 5.92 Å². The van der Waals surface area contributed by atoms with Gasteiger partial charge in [-0.15, -0.1) is 0 Å². The fourth-order valence-corrected chi connectivity index (χ4v) is 4.98. The molecule has 2 atom stereocenters. The van der Waals surface area contributed by atoms with Gasteiger partial charge in [0.1, 0.15) is 5.82 Å². The van der Waals surface area contributed by atoms with E-state index in [0.717, 1.165) is 46.6 Å². The molecule has 5 rings (SSSR count). The molecule has 2 aliphatic rings. The number of pyridine rings is 1. The highest BCUT2D eigenvalue weighted by molar-refractivity contribution is 6.01. The molecule has 33 heavy (non-hydrogen) atoms. The van der Waals surface area contributed by atoms with Gasteiger partial charge in [0, 0.05) is 42.5 Å². The summed E-state index contributed by atoms with van der Waals surface area (Å²) >= 11 is 0. The van der Waals surface area contributed by atoms with Crippen molar-refractivity contribution in [2.24, 2.45) is 0 Å². The number of carbonyl (C=O) groups is 2. The van der Waals surface area contributed by atoms with Crippen LogP contribution in [0.2, 0.25) is 0 Å². The topological polar surface area (TPSA) is 62.3 Å². The standard InChI is InChI=1S/C27H26FN3O2/c1-17-13-20(18-8-10-21(28)11-9-18)14-25(29-17)19-5-4-12-31(16-19)27(33)23-15-26(32)30-24-7-3-2-6-22(23)24/h2-3,6-11,13-14,19,23H,4-5,12,15-16H2,1H3,(H,30,32)/t19-,23+/m1/s1.